The van der Waals surface area contributed by atoms with Crippen LogP contribution in [-0.4, -0.2) is 36.1 Å². The molecule has 2 N–H and O–H groups in total. The quantitative estimate of drug-likeness (QED) is 0.796. The first-order chi connectivity index (χ1) is 9.00. The van der Waals surface area contributed by atoms with Gasteiger partial charge in [-0.3, -0.25) is 15.0 Å². The van der Waals surface area contributed by atoms with Crippen LogP contribution in [0.25, 0.3) is 0 Å². The van der Waals surface area contributed by atoms with Crippen LogP contribution in [-0.2, 0) is 4.79 Å². The van der Waals surface area contributed by atoms with E-state index in [-0.39, 0.29) is 17.9 Å². The topological polar surface area (TPSA) is 54.3 Å². The van der Waals surface area contributed by atoms with E-state index in [0.717, 1.165) is 5.69 Å². The van der Waals surface area contributed by atoms with Crippen LogP contribution in [0.2, 0.25) is 0 Å². The molecule has 0 radical (unpaired) electrons. The monoisotopic (exact) mass is 261 g/mol. The van der Waals surface area contributed by atoms with E-state index >= 15 is 0 Å². The summed E-state index contributed by atoms with van der Waals surface area (Å²) in [6.45, 7) is 6.30. The highest BCUT2D eigenvalue weighted by molar-refractivity contribution is 5.95. The molecule has 0 spiro atoms. The van der Waals surface area contributed by atoms with Crippen molar-refractivity contribution >= 4 is 11.6 Å². The van der Waals surface area contributed by atoms with Gasteiger partial charge in [-0.15, -0.1) is 0 Å². The molecule has 19 heavy (non-hydrogen) atoms. The van der Waals surface area contributed by atoms with E-state index in [9.17, 15) is 4.79 Å². The predicted octanol–water partition coefficient (Wildman–Crippen LogP) is 1.90. The second-order valence-corrected chi connectivity index (χ2v) is 5.61. The van der Waals surface area contributed by atoms with Gasteiger partial charge in [-0.05, 0) is 32.0 Å². The molecule has 1 aromatic carbocycles. The molecule has 2 rings (SSSR count). The Morgan fingerprint density at radius 1 is 1.32 bits per heavy atom. The summed E-state index contributed by atoms with van der Waals surface area (Å²) in [5.74, 6) is 0.327. The first-order valence-corrected chi connectivity index (χ1v) is 6.84. The Balaban J connectivity index is 2.04. The number of hydrogen-bond acceptors (Lipinski definition) is 3. The van der Waals surface area contributed by atoms with E-state index in [0.29, 0.717) is 12.2 Å². The third-order valence-electron chi connectivity index (χ3n) is 3.62. The molecule has 3 atom stereocenters. The average Bonchev–Trinajstić information content (AvgIpc) is 3.07. The molecule has 1 aromatic rings. The smallest absolute Gasteiger partial charge is 0.242 e. The summed E-state index contributed by atoms with van der Waals surface area (Å²) in [4.78, 5) is 14.6. The van der Waals surface area contributed by atoms with Gasteiger partial charge in [-0.1, -0.05) is 32.0 Å². The average molecular weight is 261 g/mol. The zero-order valence-corrected chi connectivity index (χ0v) is 12.1. The van der Waals surface area contributed by atoms with Gasteiger partial charge in [0.05, 0.1) is 12.2 Å². The number of carbonyl (C=O) groups excluding carboxylic acids is 1. The summed E-state index contributed by atoms with van der Waals surface area (Å²) >= 11 is 0. The van der Waals surface area contributed by atoms with E-state index in [1.165, 1.54) is 0 Å². The van der Waals surface area contributed by atoms with E-state index in [2.05, 4.69) is 36.3 Å². The lowest BCUT2D eigenvalue weighted by Gasteiger charge is -2.29. The minimum atomic E-state index is -0.123. The third kappa shape index (κ3) is 3.33. The summed E-state index contributed by atoms with van der Waals surface area (Å²) in [5.41, 5.74) is 0.850. The van der Waals surface area contributed by atoms with Crippen LogP contribution in [0.5, 0.6) is 0 Å². The summed E-state index contributed by atoms with van der Waals surface area (Å²) < 4.78 is 0. The van der Waals surface area contributed by atoms with Crippen molar-refractivity contribution in [2.75, 3.05) is 12.4 Å². The molecular formula is C15H23N3O. The predicted molar refractivity (Wildman–Crippen MR) is 77.8 cm³/mol. The molecule has 1 amide bonds. The van der Waals surface area contributed by atoms with Crippen LogP contribution in [0.4, 0.5) is 5.69 Å². The summed E-state index contributed by atoms with van der Waals surface area (Å²) in [5, 5.41) is 6.32. The molecule has 0 bridgehead atoms. The Morgan fingerprint density at radius 2 is 1.89 bits per heavy atom. The molecule has 104 valence electrons. The van der Waals surface area contributed by atoms with Crippen molar-refractivity contribution in [2.24, 2.45) is 5.92 Å². The van der Waals surface area contributed by atoms with Crippen molar-refractivity contribution in [3.63, 3.8) is 0 Å². The molecule has 0 unspecified atom stereocenters. The van der Waals surface area contributed by atoms with Gasteiger partial charge >= 0.3 is 0 Å². The maximum absolute atomic E-state index is 12.5. The lowest BCUT2D eigenvalue weighted by molar-refractivity contribution is -0.122. The number of hydrogen-bond donors (Lipinski definition) is 2. The van der Waals surface area contributed by atoms with Crippen LogP contribution < -0.4 is 10.6 Å². The van der Waals surface area contributed by atoms with Gasteiger partial charge in [0.25, 0.3) is 0 Å². The molecule has 0 aromatic heterocycles. The van der Waals surface area contributed by atoms with Crippen molar-refractivity contribution < 1.29 is 4.79 Å². The summed E-state index contributed by atoms with van der Waals surface area (Å²) in [7, 11) is 2.01. The largest absolute Gasteiger partial charge is 0.325 e. The zero-order valence-electron chi connectivity index (χ0n) is 12.1. The molecule has 1 fully saturated rings. The molecule has 1 aliphatic rings. The lowest BCUT2D eigenvalue weighted by Crippen LogP contribution is -2.47. The van der Waals surface area contributed by atoms with Crippen molar-refractivity contribution in [3.8, 4) is 0 Å². The van der Waals surface area contributed by atoms with Gasteiger partial charge in [0, 0.05) is 11.7 Å². The van der Waals surface area contributed by atoms with Crippen molar-refractivity contribution in [1.82, 2.24) is 10.2 Å². The van der Waals surface area contributed by atoms with Gasteiger partial charge in [-0.2, -0.15) is 0 Å². The maximum Gasteiger partial charge on any atom is 0.242 e. The number of rotatable bonds is 5. The van der Waals surface area contributed by atoms with Crippen molar-refractivity contribution in [3.05, 3.63) is 30.3 Å². The first kappa shape index (κ1) is 14.0. The Kier molecular flexibility index (Phi) is 4.22. The number of nitrogens with one attached hydrogen (secondary N) is 2. The Hall–Kier alpha value is -1.39. The summed E-state index contributed by atoms with van der Waals surface area (Å²) in [6.07, 6.45) is 0.314. The molecular weight excluding hydrogens is 238 g/mol. The highest BCUT2D eigenvalue weighted by atomic mass is 16.2. The van der Waals surface area contributed by atoms with Crippen molar-refractivity contribution in [2.45, 2.75) is 39.0 Å². The highest BCUT2D eigenvalue weighted by Crippen LogP contribution is 2.21. The second-order valence-electron chi connectivity index (χ2n) is 5.61. The number of benzene rings is 1. The Labute approximate surface area is 115 Å². The lowest BCUT2D eigenvalue weighted by atomic mass is 10.0. The van der Waals surface area contributed by atoms with Crippen molar-refractivity contribution in [1.29, 1.82) is 0 Å². The molecule has 0 saturated carbocycles. The number of para-hydroxylation sites is 1. The SMILES string of the molecule is CC(C)[C@@H](C(=O)Nc1ccccc1)N(C)[C@@H]1N[C@H]1C. The normalized spacial score (nSPS) is 23.5. The number of amides is 1. The Morgan fingerprint density at radius 3 is 2.37 bits per heavy atom. The van der Waals surface area contributed by atoms with Gasteiger partial charge < -0.3 is 5.32 Å². The maximum atomic E-state index is 12.5. The molecule has 1 saturated heterocycles. The van der Waals surface area contributed by atoms with E-state index in [4.69, 9.17) is 0 Å². The van der Waals surface area contributed by atoms with Gasteiger partial charge in [0.1, 0.15) is 0 Å². The van der Waals surface area contributed by atoms with Gasteiger partial charge in [-0.25, -0.2) is 0 Å². The van der Waals surface area contributed by atoms with E-state index in [1.807, 2.05) is 37.4 Å². The number of nitrogens with zero attached hydrogens (tertiary/aromatic N) is 1. The standard InChI is InChI=1S/C15H23N3O/c1-10(2)13(18(4)14-11(3)16-14)15(19)17-12-8-6-5-7-9-12/h5-11,13-14,16H,1-4H3,(H,17,19)/t11-,13-,14-/m0/s1. The van der Waals surface area contributed by atoms with E-state index < -0.39 is 0 Å². The number of anilines is 1. The fourth-order valence-corrected chi connectivity index (χ4v) is 2.55. The molecule has 1 heterocycles. The van der Waals surface area contributed by atoms with Crippen LogP contribution in [0.1, 0.15) is 20.8 Å². The highest BCUT2D eigenvalue weighted by Gasteiger charge is 2.41. The fourth-order valence-electron chi connectivity index (χ4n) is 2.55. The fraction of sp³-hybridized carbons (Fsp3) is 0.533. The first-order valence-electron chi connectivity index (χ1n) is 6.84. The number of likely N-dealkylation sites (N-methyl/N-ethyl adjacent to an activating group) is 1. The second kappa shape index (κ2) is 5.72. The minimum Gasteiger partial charge on any atom is -0.325 e. The van der Waals surface area contributed by atoms with Gasteiger partial charge in [0.2, 0.25) is 5.91 Å². The Bertz CT molecular complexity index is 432. The molecule has 1 aliphatic heterocycles. The van der Waals surface area contributed by atoms with Crippen LogP contribution in [0.3, 0.4) is 0 Å². The summed E-state index contributed by atoms with van der Waals surface area (Å²) in [6, 6.07) is 9.96. The van der Waals surface area contributed by atoms with Crippen LogP contribution in [0.15, 0.2) is 30.3 Å². The van der Waals surface area contributed by atoms with Crippen LogP contribution in [0, 0.1) is 5.92 Å². The molecule has 0 aliphatic carbocycles. The molecule has 4 heteroatoms. The zero-order chi connectivity index (χ0) is 14.0. The van der Waals surface area contributed by atoms with Gasteiger partial charge in [0.15, 0.2) is 0 Å². The minimum absolute atomic E-state index is 0.0598. The van der Waals surface area contributed by atoms with Crippen LogP contribution >= 0.6 is 0 Å². The van der Waals surface area contributed by atoms with E-state index in [1.54, 1.807) is 0 Å². The third-order valence-corrected chi connectivity index (χ3v) is 3.62. The molecule has 4 nitrogen and oxygen atoms in total. The number of carbonyl (C=O) groups is 1.